The Labute approximate surface area is 92.1 Å². The van der Waals surface area contributed by atoms with E-state index in [0.717, 1.165) is 18.4 Å². The van der Waals surface area contributed by atoms with Gasteiger partial charge in [-0.2, -0.15) is 0 Å². The van der Waals surface area contributed by atoms with E-state index < -0.39 is 5.60 Å². The van der Waals surface area contributed by atoms with E-state index in [4.69, 9.17) is 4.74 Å². The zero-order valence-corrected chi connectivity index (χ0v) is 10.2. The molecule has 0 saturated carbocycles. The highest BCUT2D eigenvalue weighted by Crippen LogP contribution is 2.14. The van der Waals surface area contributed by atoms with E-state index in [1.54, 1.807) is 13.0 Å². The summed E-state index contributed by atoms with van der Waals surface area (Å²) in [5.74, 6) is -0.342. The van der Waals surface area contributed by atoms with Crippen LogP contribution in [0.25, 0.3) is 0 Å². The molecule has 1 N–H and O–H groups in total. The Balaban J connectivity index is 3.99. The van der Waals surface area contributed by atoms with Crippen molar-refractivity contribution in [1.29, 1.82) is 0 Å². The van der Waals surface area contributed by atoms with E-state index in [1.165, 1.54) is 0 Å². The van der Waals surface area contributed by atoms with Gasteiger partial charge in [0.05, 0.1) is 18.6 Å². The lowest BCUT2D eigenvalue weighted by Gasteiger charge is -2.18. The van der Waals surface area contributed by atoms with Crippen LogP contribution in [0.3, 0.4) is 0 Å². The molecule has 0 rings (SSSR count). The van der Waals surface area contributed by atoms with Crippen LogP contribution < -0.4 is 0 Å². The van der Waals surface area contributed by atoms with Crippen molar-refractivity contribution in [2.75, 3.05) is 6.61 Å². The fraction of sp³-hybridized carbons (Fsp3) is 0.750. The molecule has 0 heterocycles. The molecule has 0 aliphatic rings. The quantitative estimate of drug-likeness (QED) is 0.419. The molecule has 0 radical (unpaired) electrons. The maximum absolute atomic E-state index is 11.3. The van der Waals surface area contributed by atoms with Crippen LogP contribution in [-0.2, 0) is 9.53 Å². The van der Waals surface area contributed by atoms with Gasteiger partial charge < -0.3 is 9.84 Å². The van der Waals surface area contributed by atoms with E-state index >= 15 is 0 Å². The summed E-state index contributed by atoms with van der Waals surface area (Å²) in [6.45, 7) is 7.86. The van der Waals surface area contributed by atoms with Crippen molar-refractivity contribution in [2.24, 2.45) is 0 Å². The van der Waals surface area contributed by atoms with Gasteiger partial charge in [-0.05, 0) is 27.2 Å². The zero-order valence-electron chi connectivity index (χ0n) is 10.2. The van der Waals surface area contributed by atoms with Gasteiger partial charge in [-0.1, -0.05) is 25.0 Å². The normalized spacial score (nSPS) is 14.2. The lowest BCUT2D eigenvalue weighted by molar-refractivity contribution is -0.147. The summed E-state index contributed by atoms with van der Waals surface area (Å²) in [4.78, 5) is 11.3. The number of hydrogen-bond donors (Lipinski definition) is 1. The van der Waals surface area contributed by atoms with Gasteiger partial charge in [-0.15, -0.1) is 0 Å². The van der Waals surface area contributed by atoms with Gasteiger partial charge in [0.25, 0.3) is 0 Å². The van der Waals surface area contributed by atoms with Crippen LogP contribution in [0.1, 0.15) is 47.0 Å². The molecular weight excluding hydrogens is 192 g/mol. The van der Waals surface area contributed by atoms with Crippen LogP contribution >= 0.6 is 0 Å². The SMILES string of the molecule is CCCCOC(=O)CC(C)(O)C=C(C)C. The molecule has 0 amide bonds. The Morgan fingerprint density at radius 2 is 2.07 bits per heavy atom. The smallest absolute Gasteiger partial charge is 0.309 e. The van der Waals surface area contributed by atoms with Crippen LogP contribution in [0.2, 0.25) is 0 Å². The first-order valence-corrected chi connectivity index (χ1v) is 5.41. The van der Waals surface area contributed by atoms with Gasteiger partial charge >= 0.3 is 5.97 Å². The third-order valence-corrected chi connectivity index (χ3v) is 1.86. The summed E-state index contributed by atoms with van der Waals surface area (Å²) in [7, 11) is 0. The number of esters is 1. The molecule has 0 aromatic carbocycles. The number of hydrogen-bond acceptors (Lipinski definition) is 3. The van der Waals surface area contributed by atoms with Crippen LogP contribution in [0.5, 0.6) is 0 Å². The van der Waals surface area contributed by atoms with Crippen molar-refractivity contribution in [1.82, 2.24) is 0 Å². The third kappa shape index (κ3) is 8.18. The molecule has 15 heavy (non-hydrogen) atoms. The Morgan fingerprint density at radius 1 is 1.47 bits per heavy atom. The van der Waals surface area contributed by atoms with Gasteiger partial charge in [-0.3, -0.25) is 4.79 Å². The van der Waals surface area contributed by atoms with Crippen LogP contribution in [0.15, 0.2) is 11.6 Å². The van der Waals surface area contributed by atoms with Gasteiger partial charge in [-0.25, -0.2) is 0 Å². The molecular formula is C12H22O3. The van der Waals surface area contributed by atoms with Crippen molar-refractivity contribution in [3.8, 4) is 0 Å². The second-order valence-electron chi connectivity index (χ2n) is 4.33. The topological polar surface area (TPSA) is 46.5 Å². The lowest BCUT2D eigenvalue weighted by atomic mass is 10.00. The molecule has 0 aliphatic carbocycles. The van der Waals surface area contributed by atoms with Gasteiger partial charge in [0, 0.05) is 0 Å². The minimum Gasteiger partial charge on any atom is -0.466 e. The molecule has 0 spiro atoms. The monoisotopic (exact) mass is 214 g/mol. The second kappa shape index (κ2) is 6.62. The number of ether oxygens (including phenoxy) is 1. The maximum Gasteiger partial charge on any atom is 0.309 e. The molecule has 0 saturated heterocycles. The Morgan fingerprint density at radius 3 is 2.53 bits per heavy atom. The molecule has 1 atom stereocenters. The van der Waals surface area contributed by atoms with E-state index in [-0.39, 0.29) is 12.4 Å². The van der Waals surface area contributed by atoms with Gasteiger partial charge in [0.15, 0.2) is 0 Å². The summed E-state index contributed by atoms with van der Waals surface area (Å²) < 4.78 is 4.97. The maximum atomic E-state index is 11.3. The average molecular weight is 214 g/mol. The molecule has 0 fully saturated rings. The molecule has 88 valence electrons. The minimum atomic E-state index is -1.10. The number of aliphatic hydroxyl groups is 1. The Hall–Kier alpha value is -0.830. The van der Waals surface area contributed by atoms with E-state index in [9.17, 15) is 9.90 Å². The van der Waals surface area contributed by atoms with Crippen molar-refractivity contribution in [3.05, 3.63) is 11.6 Å². The summed E-state index contributed by atoms with van der Waals surface area (Å²) >= 11 is 0. The lowest BCUT2D eigenvalue weighted by Crippen LogP contribution is -2.26. The highest BCUT2D eigenvalue weighted by atomic mass is 16.5. The van der Waals surface area contributed by atoms with Crippen molar-refractivity contribution >= 4 is 5.97 Å². The Bertz CT molecular complexity index is 225. The first-order chi connectivity index (χ1) is 6.87. The second-order valence-corrected chi connectivity index (χ2v) is 4.33. The summed E-state index contributed by atoms with van der Waals surface area (Å²) in [5, 5.41) is 9.83. The predicted molar refractivity (Wildman–Crippen MR) is 60.5 cm³/mol. The summed E-state index contributed by atoms with van der Waals surface area (Å²) in [6, 6.07) is 0. The number of carbonyl (C=O) groups excluding carboxylic acids is 1. The predicted octanol–water partition coefficient (Wildman–Crippen LogP) is 2.44. The zero-order chi connectivity index (χ0) is 11.9. The van der Waals surface area contributed by atoms with E-state index in [2.05, 4.69) is 0 Å². The first-order valence-electron chi connectivity index (χ1n) is 5.41. The number of allylic oxidation sites excluding steroid dienone is 1. The van der Waals surface area contributed by atoms with Crippen LogP contribution in [0, 0.1) is 0 Å². The minimum absolute atomic E-state index is 0.0158. The van der Waals surface area contributed by atoms with Crippen LogP contribution in [-0.4, -0.2) is 23.3 Å². The van der Waals surface area contributed by atoms with E-state index in [0.29, 0.717) is 6.61 Å². The molecule has 3 nitrogen and oxygen atoms in total. The largest absolute Gasteiger partial charge is 0.466 e. The molecule has 0 aromatic heterocycles. The van der Waals surface area contributed by atoms with Crippen LogP contribution in [0.4, 0.5) is 0 Å². The standard InChI is InChI=1S/C12H22O3/c1-5-6-7-15-11(13)9-12(4,14)8-10(2)3/h8,14H,5-7,9H2,1-4H3. The highest BCUT2D eigenvalue weighted by Gasteiger charge is 2.22. The highest BCUT2D eigenvalue weighted by molar-refractivity contribution is 5.71. The fourth-order valence-corrected chi connectivity index (χ4v) is 1.35. The number of carbonyl (C=O) groups is 1. The van der Waals surface area contributed by atoms with Crippen molar-refractivity contribution in [3.63, 3.8) is 0 Å². The average Bonchev–Trinajstić information content (AvgIpc) is 2.00. The molecule has 0 aromatic rings. The third-order valence-electron chi connectivity index (χ3n) is 1.86. The number of rotatable bonds is 6. The molecule has 1 unspecified atom stereocenters. The Kier molecular flexibility index (Phi) is 6.25. The van der Waals surface area contributed by atoms with E-state index in [1.807, 2.05) is 20.8 Å². The van der Waals surface area contributed by atoms with Crippen molar-refractivity contribution in [2.45, 2.75) is 52.6 Å². The summed E-state index contributed by atoms with van der Waals surface area (Å²) in [5.41, 5.74) is -0.108. The fourth-order valence-electron chi connectivity index (χ4n) is 1.35. The molecule has 0 aliphatic heterocycles. The van der Waals surface area contributed by atoms with Gasteiger partial charge in [0.1, 0.15) is 0 Å². The first kappa shape index (κ1) is 14.2. The molecule has 3 heteroatoms. The summed E-state index contributed by atoms with van der Waals surface area (Å²) in [6.07, 6.45) is 3.56. The van der Waals surface area contributed by atoms with Crippen molar-refractivity contribution < 1.29 is 14.6 Å². The molecule has 0 bridgehead atoms. The number of unbranched alkanes of at least 4 members (excludes halogenated alkanes) is 1. The van der Waals surface area contributed by atoms with Gasteiger partial charge in [0.2, 0.25) is 0 Å².